The van der Waals surface area contributed by atoms with Crippen molar-refractivity contribution >= 4 is 22.9 Å². The molecule has 1 saturated carbocycles. The van der Waals surface area contributed by atoms with E-state index in [1.807, 2.05) is 20.8 Å². The van der Waals surface area contributed by atoms with Crippen molar-refractivity contribution in [1.82, 2.24) is 10.3 Å². The van der Waals surface area contributed by atoms with Crippen molar-refractivity contribution in [3.05, 3.63) is 34.8 Å². The Bertz CT molecular complexity index is 914. The molecule has 2 unspecified atom stereocenters. The van der Waals surface area contributed by atoms with Gasteiger partial charge in [-0.25, -0.2) is 9.18 Å². The van der Waals surface area contributed by atoms with Crippen LogP contribution in [0.15, 0.2) is 12.1 Å². The number of nitrogens with two attached hydrogens (primary N) is 1. The number of aryl methyl sites for hydroxylation is 1. The van der Waals surface area contributed by atoms with Gasteiger partial charge in [-0.3, -0.25) is 4.79 Å². The van der Waals surface area contributed by atoms with E-state index in [0.29, 0.717) is 23.0 Å². The van der Waals surface area contributed by atoms with Crippen LogP contribution in [0.25, 0.3) is 10.9 Å². The molecule has 152 valence electrons. The molecule has 2 amide bonds. The monoisotopic (exact) mass is 389 g/mol. The Hall–Kier alpha value is -2.57. The summed E-state index contributed by atoms with van der Waals surface area (Å²) in [6.07, 6.45) is 2.91. The Balaban J connectivity index is 1.87. The minimum atomic E-state index is -0.592. The first kappa shape index (κ1) is 20.2. The van der Waals surface area contributed by atoms with Crippen LogP contribution in [0.1, 0.15) is 74.0 Å². The third kappa shape index (κ3) is 4.13. The molecular weight excluding hydrogens is 361 g/mol. The summed E-state index contributed by atoms with van der Waals surface area (Å²) in [6.45, 7) is 7.11. The summed E-state index contributed by atoms with van der Waals surface area (Å²) < 4.78 is 20.2. The fourth-order valence-corrected chi connectivity index (χ4v) is 4.04. The Labute approximate surface area is 164 Å². The summed E-state index contributed by atoms with van der Waals surface area (Å²) in [5, 5.41) is 3.36. The molecule has 6 nitrogen and oxygen atoms in total. The first-order valence-electron chi connectivity index (χ1n) is 9.67. The highest BCUT2D eigenvalue weighted by Crippen LogP contribution is 2.39. The molecule has 0 bridgehead atoms. The van der Waals surface area contributed by atoms with Crippen LogP contribution in [0.2, 0.25) is 0 Å². The highest BCUT2D eigenvalue weighted by molar-refractivity contribution is 6.06. The number of nitrogens with one attached hydrogen (secondary N) is 2. The number of alkyl carbamates (subject to hydrolysis) is 1. The molecule has 1 aromatic carbocycles. The molecule has 1 fully saturated rings. The topological polar surface area (TPSA) is 97.2 Å². The van der Waals surface area contributed by atoms with E-state index in [-0.39, 0.29) is 23.3 Å². The van der Waals surface area contributed by atoms with Gasteiger partial charge in [0, 0.05) is 17.1 Å². The normalized spacial score (nSPS) is 20.2. The van der Waals surface area contributed by atoms with E-state index in [2.05, 4.69) is 10.3 Å². The summed E-state index contributed by atoms with van der Waals surface area (Å²) in [6, 6.07) is 3.40. The number of halogens is 1. The molecule has 0 radical (unpaired) electrons. The average Bonchev–Trinajstić information content (AvgIpc) is 2.87. The maximum Gasteiger partial charge on any atom is 0.407 e. The number of H-pyrrole nitrogens is 1. The second-order valence-electron chi connectivity index (χ2n) is 8.59. The Morgan fingerprint density at radius 1 is 1.29 bits per heavy atom. The van der Waals surface area contributed by atoms with Crippen LogP contribution in [0.3, 0.4) is 0 Å². The SMILES string of the molecule is Cc1[nH]c2c(C(N)=O)ccc(C3CCCC(NC(=O)OC(C)(C)C)C3)c2c1F. The van der Waals surface area contributed by atoms with Crippen LogP contribution in [-0.2, 0) is 4.74 Å². The molecule has 28 heavy (non-hydrogen) atoms. The molecule has 0 aliphatic heterocycles. The van der Waals surface area contributed by atoms with Gasteiger partial charge in [0.15, 0.2) is 5.82 Å². The largest absolute Gasteiger partial charge is 0.444 e. The Morgan fingerprint density at radius 2 is 2.00 bits per heavy atom. The van der Waals surface area contributed by atoms with Gasteiger partial charge in [-0.15, -0.1) is 0 Å². The average molecular weight is 389 g/mol. The lowest BCUT2D eigenvalue weighted by Gasteiger charge is -2.31. The van der Waals surface area contributed by atoms with Crippen LogP contribution in [0, 0.1) is 12.7 Å². The zero-order chi connectivity index (χ0) is 20.6. The van der Waals surface area contributed by atoms with Crippen LogP contribution in [-0.4, -0.2) is 28.6 Å². The molecule has 0 spiro atoms. The number of amides is 2. The van der Waals surface area contributed by atoms with Gasteiger partial charge in [0.25, 0.3) is 5.91 Å². The van der Waals surface area contributed by atoms with Crippen molar-refractivity contribution in [3.8, 4) is 0 Å². The second kappa shape index (κ2) is 7.45. The van der Waals surface area contributed by atoms with Gasteiger partial charge >= 0.3 is 6.09 Å². The smallest absolute Gasteiger partial charge is 0.407 e. The van der Waals surface area contributed by atoms with Crippen LogP contribution >= 0.6 is 0 Å². The number of fused-ring (bicyclic) bond motifs is 1. The lowest BCUT2D eigenvalue weighted by Crippen LogP contribution is -2.41. The fourth-order valence-electron chi connectivity index (χ4n) is 4.04. The van der Waals surface area contributed by atoms with Gasteiger partial charge < -0.3 is 20.8 Å². The number of aromatic nitrogens is 1. The molecule has 1 aliphatic carbocycles. The Kier molecular flexibility index (Phi) is 5.37. The molecule has 1 heterocycles. The molecule has 1 aromatic heterocycles. The number of primary amides is 1. The van der Waals surface area contributed by atoms with Gasteiger partial charge in [0.1, 0.15) is 5.60 Å². The van der Waals surface area contributed by atoms with Crippen LogP contribution in [0.4, 0.5) is 9.18 Å². The van der Waals surface area contributed by atoms with Gasteiger partial charge in [0.2, 0.25) is 0 Å². The van der Waals surface area contributed by atoms with E-state index in [1.54, 1.807) is 19.1 Å². The number of carbonyl (C=O) groups excluding carboxylic acids is 2. The summed E-state index contributed by atoms with van der Waals surface area (Å²) in [4.78, 5) is 26.8. The first-order chi connectivity index (χ1) is 13.1. The van der Waals surface area contributed by atoms with E-state index in [1.165, 1.54) is 0 Å². The summed E-state index contributed by atoms with van der Waals surface area (Å²) in [7, 11) is 0. The highest BCUT2D eigenvalue weighted by Gasteiger charge is 2.29. The van der Waals surface area contributed by atoms with Crippen LogP contribution in [0.5, 0.6) is 0 Å². The van der Waals surface area contributed by atoms with Gasteiger partial charge in [0.05, 0.1) is 11.1 Å². The molecule has 2 atom stereocenters. The predicted octanol–water partition coefficient (Wildman–Crippen LogP) is 4.27. The molecule has 1 aliphatic rings. The highest BCUT2D eigenvalue weighted by atomic mass is 19.1. The van der Waals surface area contributed by atoms with E-state index in [4.69, 9.17) is 10.5 Å². The second-order valence-corrected chi connectivity index (χ2v) is 8.59. The number of rotatable bonds is 3. The van der Waals surface area contributed by atoms with Crippen molar-refractivity contribution in [3.63, 3.8) is 0 Å². The molecule has 7 heteroatoms. The lowest BCUT2D eigenvalue weighted by atomic mass is 9.80. The minimum absolute atomic E-state index is 0.0393. The quantitative estimate of drug-likeness (QED) is 0.731. The summed E-state index contributed by atoms with van der Waals surface area (Å²) >= 11 is 0. The predicted molar refractivity (Wildman–Crippen MR) is 106 cm³/mol. The molecule has 3 rings (SSSR count). The van der Waals surface area contributed by atoms with Crippen LogP contribution < -0.4 is 11.1 Å². The fraction of sp³-hybridized carbons (Fsp3) is 0.524. The van der Waals surface area contributed by atoms with Gasteiger partial charge in [-0.05, 0) is 64.5 Å². The van der Waals surface area contributed by atoms with E-state index >= 15 is 0 Å². The Morgan fingerprint density at radius 3 is 2.64 bits per heavy atom. The van der Waals surface area contributed by atoms with E-state index < -0.39 is 17.6 Å². The summed E-state index contributed by atoms with van der Waals surface area (Å²) in [5.41, 5.74) is 6.85. The van der Waals surface area contributed by atoms with Gasteiger partial charge in [-0.1, -0.05) is 12.5 Å². The van der Waals surface area contributed by atoms with Crippen molar-refractivity contribution in [2.75, 3.05) is 0 Å². The maximum atomic E-state index is 14.8. The zero-order valence-corrected chi connectivity index (χ0v) is 16.8. The molecule has 0 saturated heterocycles. The number of ether oxygens (including phenoxy) is 1. The molecule has 2 aromatic rings. The lowest BCUT2D eigenvalue weighted by molar-refractivity contribution is 0.0490. The van der Waals surface area contributed by atoms with E-state index in [0.717, 1.165) is 24.8 Å². The van der Waals surface area contributed by atoms with E-state index in [9.17, 15) is 14.0 Å². The van der Waals surface area contributed by atoms with Crippen molar-refractivity contribution in [1.29, 1.82) is 0 Å². The maximum absolute atomic E-state index is 14.8. The zero-order valence-electron chi connectivity index (χ0n) is 16.8. The van der Waals surface area contributed by atoms with Crippen molar-refractivity contribution in [2.45, 2.75) is 70.9 Å². The van der Waals surface area contributed by atoms with Gasteiger partial charge in [-0.2, -0.15) is 0 Å². The number of hydrogen-bond acceptors (Lipinski definition) is 3. The number of hydrogen-bond donors (Lipinski definition) is 3. The van der Waals surface area contributed by atoms with Crippen molar-refractivity contribution in [2.24, 2.45) is 5.73 Å². The first-order valence-corrected chi connectivity index (χ1v) is 9.67. The minimum Gasteiger partial charge on any atom is -0.444 e. The number of carbonyl (C=O) groups is 2. The van der Waals surface area contributed by atoms with Crippen molar-refractivity contribution < 1.29 is 18.7 Å². The number of benzene rings is 1. The third-order valence-corrected chi connectivity index (χ3v) is 5.20. The standard InChI is InChI=1S/C21H28FN3O3/c1-11-17(22)16-14(8-9-15(19(23)26)18(16)24-11)12-6-5-7-13(10-12)25-20(27)28-21(2,3)4/h8-9,12-13,24H,5-7,10H2,1-4H3,(H2,23,26)(H,25,27). The number of aromatic amines is 1. The molecule has 4 N–H and O–H groups in total. The third-order valence-electron chi connectivity index (χ3n) is 5.20. The summed E-state index contributed by atoms with van der Waals surface area (Å²) in [5.74, 6) is -0.871. The molecular formula is C21H28FN3O3.